The number of nitrogens with one attached hydrogen (secondary N) is 2. The van der Waals surface area contributed by atoms with E-state index in [4.69, 9.17) is 27.9 Å². The molecule has 0 aliphatic carbocycles. The quantitative estimate of drug-likeness (QED) is 0.469. The first-order chi connectivity index (χ1) is 13.8. The van der Waals surface area contributed by atoms with Gasteiger partial charge in [0.2, 0.25) is 0 Å². The van der Waals surface area contributed by atoms with Gasteiger partial charge in [-0.05, 0) is 36.1 Å². The second-order valence-corrected chi connectivity index (χ2v) is 8.49. The van der Waals surface area contributed by atoms with Crippen LogP contribution in [0.2, 0.25) is 10.0 Å². The first-order valence-corrected chi connectivity index (χ1v) is 10.6. The minimum Gasteiger partial charge on any atom is -0.465 e. The van der Waals surface area contributed by atoms with Crippen LogP contribution in [0.3, 0.4) is 0 Å². The van der Waals surface area contributed by atoms with Gasteiger partial charge in [0, 0.05) is 0 Å². The van der Waals surface area contributed by atoms with Gasteiger partial charge in [0.05, 0.1) is 38.2 Å². The average Bonchev–Trinajstić information content (AvgIpc) is 3.33. The van der Waals surface area contributed by atoms with Crippen LogP contribution in [0.15, 0.2) is 35.7 Å². The molecule has 0 unspecified atom stereocenters. The minimum absolute atomic E-state index is 0.129. The van der Waals surface area contributed by atoms with Crippen LogP contribution in [0.25, 0.3) is 0 Å². The molecule has 0 atom stereocenters. The Labute approximate surface area is 184 Å². The van der Waals surface area contributed by atoms with Crippen LogP contribution < -0.4 is 10.6 Å². The van der Waals surface area contributed by atoms with Crippen LogP contribution in [0.1, 0.15) is 35.3 Å². The summed E-state index contributed by atoms with van der Waals surface area (Å²) in [5.41, 5.74) is 0.851. The highest BCUT2D eigenvalue weighted by Gasteiger charge is 2.27. The third-order valence-corrected chi connectivity index (χ3v) is 6.81. The van der Waals surface area contributed by atoms with Crippen molar-refractivity contribution in [1.82, 2.24) is 0 Å². The molecular formula is C19H14Cl2N2O4S2. The molecule has 3 rings (SSSR count). The van der Waals surface area contributed by atoms with Gasteiger partial charge in [-0.1, -0.05) is 35.3 Å². The smallest absolute Gasteiger partial charge is 0.341 e. The summed E-state index contributed by atoms with van der Waals surface area (Å²) in [5.74, 6) is -1.52. The summed E-state index contributed by atoms with van der Waals surface area (Å²) in [6.45, 7) is 1.61. The first kappa shape index (κ1) is 21.3. The third-order valence-electron chi connectivity index (χ3n) is 3.91. The van der Waals surface area contributed by atoms with E-state index >= 15 is 0 Å². The summed E-state index contributed by atoms with van der Waals surface area (Å²) in [6, 6.07) is 8.26. The SMILES string of the molecule is COC(=O)c1c(NC(=O)c2cccs2)sc(C(=O)Nc2cccc(Cl)c2Cl)c1C. The van der Waals surface area contributed by atoms with Crippen LogP contribution in [-0.2, 0) is 4.74 Å². The van der Waals surface area contributed by atoms with Gasteiger partial charge >= 0.3 is 5.97 Å². The van der Waals surface area contributed by atoms with E-state index < -0.39 is 11.9 Å². The molecule has 2 N–H and O–H groups in total. The number of hydrogen-bond acceptors (Lipinski definition) is 6. The molecule has 0 aliphatic heterocycles. The number of amides is 2. The van der Waals surface area contributed by atoms with Crippen molar-refractivity contribution in [3.05, 3.63) is 66.6 Å². The fraction of sp³-hybridized carbons (Fsp3) is 0.105. The largest absolute Gasteiger partial charge is 0.465 e. The van der Waals surface area contributed by atoms with Gasteiger partial charge < -0.3 is 15.4 Å². The molecule has 150 valence electrons. The predicted molar refractivity (Wildman–Crippen MR) is 117 cm³/mol. The van der Waals surface area contributed by atoms with Crippen LogP contribution >= 0.6 is 45.9 Å². The van der Waals surface area contributed by atoms with E-state index in [0.29, 0.717) is 21.2 Å². The Bertz CT molecular complexity index is 1090. The Kier molecular flexibility index (Phi) is 6.59. The maximum Gasteiger partial charge on any atom is 0.341 e. The van der Waals surface area contributed by atoms with Crippen molar-refractivity contribution < 1.29 is 19.1 Å². The zero-order chi connectivity index (χ0) is 21.1. The zero-order valence-corrected chi connectivity index (χ0v) is 18.3. The molecule has 10 heteroatoms. The Morgan fingerprint density at radius 2 is 1.79 bits per heavy atom. The number of halogens is 2. The summed E-state index contributed by atoms with van der Waals surface area (Å²) in [7, 11) is 1.23. The summed E-state index contributed by atoms with van der Waals surface area (Å²) in [5, 5.41) is 7.87. The zero-order valence-electron chi connectivity index (χ0n) is 15.2. The van der Waals surface area contributed by atoms with E-state index in [1.165, 1.54) is 18.4 Å². The maximum atomic E-state index is 12.8. The number of anilines is 2. The first-order valence-electron chi connectivity index (χ1n) is 8.15. The lowest BCUT2D eigenvalue weighted by Gasteiger charge is -2.07. The highest BCUT2D eigenvalue weighted by molar-refractivity contribution is 7.19. The van der Waals surface area contributed by atoms with Gasteiger partial charge in [-0.3, -0.25) is 9.59 Å². The van der Waals surface area contributed by atoms with Gasteiger partial charge in [-0.2, -0.15) is 0 Å². The average molecular weight is 469 g/mol. The van der Waals surface area contributed by atoms with Crippen molar-refractivity contribution in [2.24, 2.45) is 0 Å². The van der Waals surface area contributed by atoms with E-state index in [1.807, 2.05) is 0 Å². The maximum absolute atomic E-state index is 12.8. The number of thiophene rings is 2. The van der Waals surface area contributed by atoms with Gasteiger partial charge in [0.25, 0.3) is 11.8 Å². The molecule has 29 heavy (non-hydrogen) atoms. The number of rotatable bonds is 5. The molecule has 2 heterocycles. The molecule has 0 fully saturated rings. The Morgan fingerprint density at radius 3 is 2.45 bits per heavy atom. The molecule has 3 aromatic rings. The monoisotopic (exact) mass is 468 g/mol. The third kappa shape index (κ3) is 4.45. The number of hydrogen-bond donors (Lipinski definition) is 2. The highest BCUT2D eigenvalue weighted by Crippen LogP contribution is 2.36. The van der Waals surface area contributed by atoms with Crippen molar-refractivity contribution in [1.29, 1.82) is 0 Å². The number of carbonyl (C=O) groups is 3. The second-order valence-electron chi connectivity index (χ2n) is 5.74. The number of benzene rings is 1. The molecule has 2 aromatic heterocycles. The predicted octanol–water partition coefficient (Wildman–Crippen LogP) is 5.72. The Balaban J connectivity index is 1.95. The van der Waals surface area contributed by atoms with E-state index in [0.717, 1.165) is 11.3 Å². The molecule has 2 amide bonds. The molecule has 6 nitrogen and oxygen atoms in total. The van der Waals surface area contributed by atoms with Crippen LogP contribution in [0.4, 0.5) is 10.7 Å². The van der Waals surface area contributed by atoms with Crippen molar-refractivity contribution in [3.63, 3.8) is 0 Å². The molecule has 1 aromatic carbocycles. The van der Waals surface area contributed by atoms with Gasteiger partial charge in [0.1, 0.15) is 5.00 Å². The van der Waals surface area contributed by atoms with Gasteiger partial charge in [-0.15, -0.1) is 22.7 Å². The van der Waals surface area contributed by atoms with Crippen molar-refractivity contribution >= 4 is 74.3 Å². The topological polar surface area (TPSA) is 84.5 Å². The van der Waals surface area contributed by atoms with E-state index in [9.17, 15) is 14.4 Å². The lowest BCUT2D eigenvalue weighted by atomic mass is 10.1. The van der Waals surface area contributed by atoms with Gasteiger partial charge in [-0.25, -0.2) is 4.79 Å². The molecule has 0 saturated carbocycles. The highest BCUT2D eigenvalue weighted by atomic mass is 35.5. The number of methoxy groups -OCH3 is 1. The van der Waals surface area contributed by atoms with E-state index in [-0.39, 0.29) is 26.4 Å². The Morgan fingerprint density at radius 1 is 1.03 bits per heavy atom. The lowest BCUT2D eigenvalue weighted by molar-refractivity contribution is 0.0601. The lowest BCUT2D eigenvalue weighted by Crippen LogP contribution is -2.13. The number of carbonyl (C=O) groups excluding carboxylic acids is 3. The van der Waals surface area contributed by atoms with Crippen LogP contribution in [0.5, 0.6) is 0 Å². The normalized spacial score (nSPS) is 10.5. The Hall–Kier alpha value is -2.39. The summed E-state index contributed by atoms with van der Waals surface area (Å²) >= 11 is 14.3. The van der Waals surface area contributed by atoms with Crippen LogP contribution in [0, 0.1) is 6.92 Å². The number of esters is 1. The minimum atomic E-state index is -0.653. The molecular weight excluding hydrogens is 455 g/mol. The summed E-state index contributed by atoms with van der Waals surface area (Å²) in [6.07, 6.45) is 0. The molecule has 0 spiro atoms. The molecule has 0 aliphatic rings. The van der Waals surface area contributed by atoms with Crippen molar-refractivity contribution in [2.45, 2.75) is 6.92 Å². The van der Waals surface area contributed by atoms with Crippen LogP contribution in [-0.4, -0.2) is 24.9 Å². The van der Waals surface area contributed by atoms with Crippen molar-refractivity contribution in [3.8, 4) is 0 Å². The second kappa shape index (κ2) is 8.96. The number of ether oxygens (including phenoxy) is 1. The summed E-state index contributed by atoms with van der Waals surface area (Å²) < 4.78 is 4.83. The van der Waals surface area contributed by atoms with E-state index in [1.54, 1.807) is 42.6 Å². The molecule has 0 radical (unpaired) electrons. The standard InChI is InChI=1S/C19H14Cl2N2O4S2/c1-9-13(19(26)27-2)18(23-16(24)12-7-4-8-28-12)29-15(9)17(25)22-11-6-3-5-10(20)14(11)21/h3-8H,1-2H3,(H,22,25)(H,23,24). The fourth-order valence-corrected chi connectivity index (χ4v) is 4.57. The van der Waals surface area contributed by atoms with E-state index in [2.05, 4.69) is 10.6 Å². The van der Waals surface area contributed by atoms with Crippen molar-refractivity contribution in [2.75, 3.05) is 17.7 Å². The molecule has 0 bridgehead atoms. The van der Waals surface area contributed by atoms with Gasteiger partial charge in [0.15, 0.2) is 0 Å². The summed E-state index contributed by atoms with van der Waals surface area (Å²) in [4.78, 5) is 38.2. The molecule has 0 saturated heterocycles. The fourth-order valence-electron chi connectivity index (χ4n) is 2.52.